The van der Waals surface area contributed by atoms with Crippen molar-refractivity contribution >= 4 is 17.3 Å². The smallest absolute Gasteiger partial charge is 0.0716 e. The van der Waals surface area contributed by atoms with E-state index in [1.54, 1.807) is 7.11 Å². The molecule has 1 fully saturated rings. The zero-order valence-electron chi connectivity index (χ0n) is 11.6. The Morgan fingerprint density at radius 2 is 2.21 bits per heavy atom. The Labute approximate surface area is 120 Å². The molecule has 0 saturated heterocycles. The summed E-state index contributed by atoms with van der Waals surface area (Å²) in [6.45, 7) is 3.71. The minimum atomic E-state index is -0.0319. The van der Waals surface area contributed by atoms with Crippen molar-refractivity contribution in [3.05, 3.63) is 28.8 Å². The molecule has 0 spiro atoms. The van der Waals surface area contributed by atoms with Crippen LogP contribution in [0, 0.1) is 5.92 Å². The second kappa shape index (κ2) is 6.60. The van der Waals surface area contributed by atoms with E-state index in [4.69, 9.17) is 16.3 Å². The van der Waals surface area contributed by atoms with Crippen molar-refractivity contribution in [2.24, 2.45) is 5.92 Å². The van der Waals surface area contributed by atoms with Gasteiger partial charge in [-0.15, -0.1) is 0 Å². The summed E-state index contributed by atoms with van der Waals surface area (Å²) >= 11 is 6.19. The normalized spacial score (nSPS) is 16.4. The third-order valence-electron chi connectivity index (χ3n) is 3.89. The van der Waals surface area contributed by atoms with Crippen LogP contribution in [0.2, 0.25) is 5.02 Å². The van der Waals surface area contributed by atoms with Gasteiger partial charge in [0.05, 0.1) is 13.2 Å². The first-order valence-corrected chi connectivity index (χ1v) is 7.20. The van der Waals surface area contributed by atoms with Crippen molar-refractivity contribution in [3.63, 3.8) is 0 Å². The summed E-state index contributed by atoms with van der Waals surface area (Å²) in [6.07, 6.45) is 2.58. The number of aliphatic hydroxyl groups excluding tert-OH is 1. The molecule has 1 saturated carbocycles. The standard InChI is InChI=1S/C15H22ClNO2/c1-11(12-6-7-12)17(8-9-19-2)15-5-3-4-14(16)13(15)10-18/h3-5,11-12,18H,6-10H2,1-2H3. The first-order valence-electron chi connectivity index (χ1n) is 6.82. The van der Waals surface area contributed by atoms with Gasteiger partial charge in [-0.25, -0.2) is 0 Å². The van der Waals surface area contributed by atoms with E-state index in [2.05, 4.69) is 11.8 Å². The molecule has 0 amide bonds. The number of ether oxygens (including phenoxy) is 1. The zero-order valence-corrected chi connectivity index (χ0v) is 12.4. The zero-order chi connectivity index (χ0) is 13.8. The maximum atomic E-state index is 9.57. The molecule has 0 aromatic heterocycles. The molecular weight excluding hydrogens is 262 g/mol. The fraction of sp³-hybridized carbons (Fsp3) is 0.600. The lowest BCUT2D eigenvalue weighted by atomic mass is 10.1. The Hall–Kier alpha value is -0.770. The van der Waals surface area contributed by atoms with Gasteiger partial charge >= 0.3 is 0 Å². The summed E-state index contributed by atoms with van der Waals surface area (Å²) < 4.78 is 5.21. The third-order valence-corrected chi connectivity index (χ3v) is 4.25. The van der Waals surface area contributed by atoms with E-state index in [0.29, 0.717) is 17.7 Å². The fourth-order valence-electron chi connectivity index (χ4n) is 2.54. The van der Waals surface area contributed by atoms with E-state index < -0.39 is 0 Å². The van der Waals surface area contributed by atoms with E-state index in [0.717, 1.165) is 23.7 Å². The van der Waals surface area contributed by atoms with Crippen molar-refractivity contribution in [1.82, 2.24) is 0 Å². The SMILES string of the molecule is COCCN(c1cccc(Cl)c1CO)C(C)C1CC1. The highest BCUT2D eigenvalue weighted by Crippen LogP contribution is 2.38. The van der Waals surface area contributed by atoms with Crippen LogP contribution < -0.4 is 4.90 Å². The number of halogens is 1. The molecule has 106 valence electrons. The van der Waals surface area contributed by atoms with Gasteiger partial charge in [0.25, 0.3) is 0 Å². The van der Waals surface area contributed by atoms with Crippen LogP contribution in [-0.2, 0) is 11.3 Å². The predicted molar refractivity (Wildman–Crippen MR) is 78.8 cm³/mol. The Balaban J connectivity index is 2.28. The van der Waals surface area contributed by atoms with Crippen LogP contribution in [0.1, 0.15) is 25.3 Å². The van der Waals surface area contributed by atoms with Gasteiger partial charge in [0, 0.05) is 36.0 Å². The molecule has 1 unspecified atom stereocenters. The molecule has 1 aromatic rings. The summed E-state index contributed by atoms with van der Waals surface area (Å²) in [5.74, 6) is 0.752. The molecule has 1 aliphatic carbocycles. The fourth-order valence-corrected chi connectivity index (χ4v) is 2.77. The lowest BCUT2D eigenvalue weighted by molar-refractivity contribution is 0.202. The summed E-state index contributed by atoms with van der Waals surface area (Å²) in [4.78, 5) is 2.32. The maximum Gasteiger partial charge on any atom is 0.0716 e. The van der Waals surface area contributed by atoms with Crippen molar-refractivity contribution in [2.75, 3.05) is 25.2 Å². The molecule has 1 aliphatic rings. The number of methoxy groups -OCH3 is 1. The van der Waals surface area contributed by atoms with Gasteiger partial charge in [0.15, 0.2) is 0 Å². The van der Waals surface area contributed by atoms with Crippen molar-refractivity contribution < 1.29 is 9.84 Å². The van der Waals surface area contributed by atoms with E-state index >= 15 is 0 Å². The minimum absolute atomic E-state index is 0.0319. The highest BCUT2D eigenvalue weighted by atomic mass is 35.5. The van der Waals surface area contributed by atoms with Gasteiger partial charge < -0.3 is 14.7 Å². The Morgan fingerprint density at radius 3 is 2.79 bits per heavy atom. The van der Waals surface area contributed by atoms with Gasteiger partial charge in [-0.3, -0.25) is 0 Å². The second-order valence-electron chi connectivity index (χ2n) is 5.16. The monoisotopic (exact) mass is 283 g/mol. The quantitative estimate of drug-likeness (QED) is 0.835. The third kappa shape index (κ3) is 3.41. The van der Waals surface area contributed by atoms with E-state index in [-0.39, 0.29) is 6.61 Å². The van der Waals surface area contributed by atoms with Gasteiger partial charge in [0.1, 0.15) is 0 Å². The number of hydrogen-bond acceptors (Lipinski definition) is 3. The van der Waals surface area contributed by atoms with Crippen molar-refractivity contribution in [2.45, 2.75) is 32.4 Å². The first kappa shape index (κ1) is 14.6. The molecule has 0 aliphatic heterocycles. The van der Waals surface area contributed by atoms with Crippen LogP contribution in [0.5, 0.6) is 0 Å². The number of hydrogen-bond donors (Lipinski definition) is 1. The van der Waals surface area contributed by atoms with E-state index in [1.807, 2.05) is 18.2 Å². The van der Waals surface area contributed by atoms with Crippen LogP contribution in [0.25, 0.3) is 0 Å². The molecule has 1 atom stereocenters. The van der Waals surface area contributed by atoms with Gasteiger partial charge in [-0.05, 0) is 37.8 Å². The minimum Gasteiger partial charge on any atom is -0.392 e. The average molecular weight is 284 g/mol. The van der Waals surface area contributed by atoms with Crippen LogP contribution in [0.3, 0.4) is 0 Å². The summed E-state index contributed by atoms with van der Waals surface area (Å²) in [5.41, 5.74) is 1.85. The molecule has 0 radical (unpaired) electrons. The topological polar surface area (TPSA) is 32.7 Å². The van der Waals surface area contributed by atoms with Crippen LogP contribution in [0.4, 0.5) is 5.69 Å². The number of aliphatic hydroxyl groups is 1. The lowest BCUT2D eigenvalue weighted by Crippen LogP contribution is -2.38. The van der Waals surface area contributed by atoms with Crippen LogP contribution >= 0.6 is 11.6 Å². The van der Waals surface area contributed by atoms with Gasteiger partial charge in [-0.2, -0.15) is 0 Å². The van der Waals surface area contributed by atoms with E-state index in [1.165, 1.54) is 12.8 Å². The lowest BCUT2D eigenvalue weighted by Gasteiger charge is -2.33. The molecule has 2 rings (SSSR count). The molecule has 1 N–H and O–H groups in total. The average Bonchev–Trinajstić information content (AvgIpc) is 3.23. The van der Waals surface area contributed by atoms with Crippen LogP contribution in [-0.4, -0.2) is 31.4 Å². The summed E-state index contributed by atoms with van der Waals surface area (Å²) in [7, 11) is 1.71. The first-order chi connectivity index (χ1) is 9.19. The van der Waals surface area contributed by atoms with Gasteiger partial charge in [-0.1, -0.05) is 17.7 Å². The second-order valence-corrected chi connectivity index (χ2v) is 5.57. The number of nitrogens with zero attached hydrogens (tertiary/aromatic N) is 1. The molecule has 19 heavy (non-hydrogen) atoms. The van der Waals surface area contributed by atoms with Crippen molar-refractivity contribution in [3.8, 4) is 0 Å². The molecule has 4 heteroatoms. The molecular formula is C15H22ClNO2. The Morgan fingerprint density at radius 1 is 1.47 bits per heavy atom. The summed E-state index contributed by atoms with van der Waals surface area (Å²) in [5, 5.41) is 10.2. The number of rotatable bonds is 7. The molecule has 0 bridgehead atoms. The number of benzene rings is 1. The highest BCUT2D eigenvalue weighted by molar-refractivity contribution is 6.31. The molecule has 3 nitrogen and oxygen atoms in total. The van der Waals surface area contributed by atoms with Crippen molar-refractivity contribution in [1.29, 1.82) is 0 Å². The predicted octanol–water partition coefficient (Wildman–Crippen LogP) is 3.08. The Bertz CT molecular complexity index is 421. The highest BCUT2D eigenvalue weighted by Gasteiger charge is 2.32. The molecule has 1 aromatic carbocycles. The van der Waals surface area contributed by atoms with E-state index in [9.17, 15) is 5.11 Å². The largest absolute Gasteiger partial charge is 0.392 e. The maximum absolute atomic E-state index is 9.57. The van der Waals surface area contributed by atoms with Crippen LogP contribution in [0.15, 0.2) is 18.2 Å². The van der Waals surface area contributed by atoms with Gasteiger partial charge in [0.2, 0.25) is 0 Å². The molecule has 0 heterocycles. The summed E-state index contributed by atoms with van der Waals surface area (Å²) in [6, 6.07) is 6.26. The number of anilines is 1. The Kier molecular flexibility index (Phi) is 5.08.